The van der Waals surface area contributed by atoms with Crippen LogP contribution in [-0.2, 0) is 0 Å². The van der Waals surface area contributed by atoms with Crippen LogP contribution in [0.3, 0.4) is 0 Å². The van der Waals surface area contributed by atoms with Crippen molar-refractivity contribution in [3.8, 4) is 22.1 Å². The average molecular weight is 496 g/mol. The lowest BCUT2D eigenvalue weighted by Crippen LogP contribution is -2.13. The first kappa shape index (κ1) is 23.1. The van der Waals surface area contributed by atoms with Gasteiger partial charge in [-0.2, -0.15) is 20.0 Å². The summed E-state index contributed by atoms with van der Waals surface area (Å²) in [7, 11) is 1.62. The molecule has 0 unspecified atom stereocenters. The molecule has 0 aliphatic carbocycles. The van der Waals surface area contributed by atoms with Crippen LogP contribution in [0, 0.1) is 6.92 Å². The predicted molar refractivity (Wildman–Crippen MR) is 140 cm³/mol. The maximum atomic E-state index is 13.0. The number of H-pyrrole nitrogens is 1. The molecule has 2 aromatic heterocycles. The van der Waals surface area contributed by atoms with Crippen LogP contribution in [0.2, 0.25) is 0 Å². The van der Waals surface area contributed by atoms with Crippen LogP contribution in [-0.4, -0.2) is 21.9 Å². The molecule has 0 bridgehead atoms. The molecule has 0 aliphatic rings. The first-order chi connectivity index (χ1) is 17.6. The molecule has 1 N–H and O–H groups in total. The number of nitrogens with one attached hydrogen (secondary N) is 1. The molecule has 0 saturated heterocycles. The summed E-state index contributed by atoms with van der Waals surface area (Å²) in [6.07, 6.45) is 0. The first-order valence-electron chi connectivity index (χ1n) is 11.0. The van der Waals surface area contributed by atoms with Crippen LogP contribution in [0.25, 0.3) is 16.4 Å². The first-order valence-corrected chi connectivity index (χ1v) is 11.9. The molecule has 0 fully saturated rings. The lowest BCUT2D eigenvalue weighted by atomic mass is 10.2. The molecule has 0 atom stereocenters. The van der Waals surface area contributed by atoms with Crippen molar-refractivity contribution in [3.05, 3.63) is 100 Å². The Morgan fingerprint density at radius 3 is 2.08 bits per heavy atom. The maximum absolute atomic E-state index is 13.0. The molecule has 178 valence electrons. The summed E-state index contributed by atoms with van der Waals surface area (Å²) in [4.78, 5) is 17.6. The van der Waals surface area contributed by atoms with Crippen molar-refractivity contribution in [1.29, 1.82) is 0 Å². The van der Waals surface area contributed by atoms with E-state index in [4.69, 9.17) is 4.74 Å². The van der Waals surface area contributed by atoms with E-state index in [9.17, 15) is 4.79 Å². The molecular weight excluding hydrogens is 474 g/mol. The largest absolute Gasteiger partial charge is 0.497 e. The zero-order chi connectivity index (χ0) is 24.9. The number of hydrogen-bond acceptors (Lipinski definition) is 8. The molecule has 0 spiro atoms. The third kappa shape index (κ3) is 5.03. The second kappa shape index (κ2) is 10.3. The number of aryl methyl sites for hydroxylation is 1. The topological polar surface area (TPSA) is 109 Å². The monoisotopic (exact) mass is 495 g/mol. The van der Waals surface area contributed by atoms with Crippen molar-refractivity contribution in [2.75, 3.05) is 7.11 Å². The third-order valence-corrected chi connectivity index (χ3v) is 6.09. The van der Waals surface area contributed by atoms with E-state index in [1.165, 1.54) is 16.0 Å². The number of aromatic amines is 1. The number of azo groups is 2. The molecule has 36 heavy (non-hydrogen) atoms. The van der Waals surface area contributed by atoms with Gasteiger partial charge in [-0.15, -0.1) is 16.5 Å². The summed E-state index contributed by atoms with van der Waals surface area (Å²) in [5.74, 6) is 0.770. The van der Waals surface area contributed by atoms with Crippen molar-refractivity contribution < 1.29 is 4.74 Å². The highest BCUT2D eigenvalue weighted by Gasteiger charge is 2.15. The number of ether oxygens (including phenoxy) is 1. The molecule has 2 heterocycles. The van der Waals surface area contributed by atoms with E-state index in [1.54, 1.807) is 38.3 Å². The second-order valence-electron chi connectivity index (χ2n) is 7.72. The molecule has 10 heteroatoms. The number of hydrogen-bond donors (Lipinski definition) is 1. The van der Waals surface area contributed by atoms with E-state index in [2.05, 4.69) is 30.5 Å². The van der Waals surface area contributed by atoms with Gasteiger partial charge >= 0.3 is 5.56 Å². The highest BCUT2D eigenvalue weighted by atomic mass is 32.1. The smallest absolute Gasteiger partial charge is 0.301 e. The van der Waals surface area contributed by atoms with Gasteiger partial charge in [-0.25, -0.2) is 4.98 Å². The van der Waals surface area contributed by atoms with Crippen LogP contribution >= 0.6 is 11.3 Å². The Bertz CT molecular complexity index is 1580. The molecule has 5 rings (SSSR count). The van der Waals surface area contributed by atoms with Gasteiger partial charge in [-0.1, -0.05) is 18.2 Å². The zero-order valence-electron chi connectivity index (χ0n) is 19.5. The number of benzene rings is 3. The minimum absolute atomic E-state index is 0.226. The number of thiazole rings is 1. The average Bonchev–Trinajstić information content (AvgIpc) is 3.52. The molecular formula is C26H21N7O2S. The summed E-state index contributed by atoms with van der Waals surface area (Å²) in [5.41, 5.74) is 4.26. The lowest BCUT2D eigenvalue weighted by Gasteiger charge is -2.00. The highest BCUT2D eigenvalue weighted by molar-refractivity contribution is 7.12. The Hall–Kier alpha value is -4.70. The van der Waals surface area contributed by atoms with Gasteiger partial charge < -0.3 is 4.74 Å². The Kier molecular flexibility index (Phi) is 6.59. The fourth-order valence-electron chi connectivity index (χ4n) is 3.36. The van der Waals surface area contributed by atoms with Gasteiger partial charge in [0.25, 0.3) is 0 Å². The third-order valence-electron chi connectivity index (χ3n) is 5.26. The van der Waals surface area contributed by atoms with Crippen LogP contribution in [0.15, 0.2) is 109 Å². The van der Waals surface area contributed by atoms with Crippen molar-refractivity contribution in [2.45, 2.75) is 6.92 Å². The van der Waals surface area contributed by atoms with E-state index in [0.717, 1.165) is 22.7 Å². The highest BCUT2D eigenvalue weighted by Crippen LogP contribution is 2.27. The Balaban J connectivity index is 1.32. The van der Waals surface area contributed by atoms with Crippen LogP contribution < -0.4 is 10.3 Å². The van der Waals surface area contributed by atoms with E-state index in [-0.39, 0.29) is 11.2 Å². The minimum atomic E-state index is -0.319. The van der Waals surface area contributed by atoms with Gasteiger partial charge in [0.1, 0.15) is 5.75 Å². The molecule has 5 aromatic rings. The van der Waals surface area contributed by atoms with Crippen molar-refractivity contribution in [3.63, 3.8) is 0 Å². The van der Waals surface area contributed by atoms with E-state index in [1.807, 2.05) is 60.0 Å². The molecule has 0 aliphatic heterocycles. The number of methoxy groups -OCH3 is 1. The molecule has 9 nitrogen and oxygen atoms in total. The summed E-state index contributed by atoms with van der Waals surface area (Å²) < 4.78 is 6.59. The van der Waals surface area contributed by atoms with Crippen molar-refractivity contribution >= 4 is 34.1 Å². The zero-order valence-corrected chi connectivity index (χ0v) is 20.3. The maximum Gasteiger partial charge on any atom is 0.301 e. The quantitative estimate of drug-likeness (QED) is 0.237. The summed E-state index contributed by atoms with van der Waals surface area (Å²) in [6, 6.07) is 24.2. The SMILES string of the molecule is COc1ccc(-c2csc(-n3[nH]c(C)c(N=Nc4ccc(N=Nc5ccccc5)cc4)c3=O)n2)cc1. The normalized spacial score (nSPS) is 11.5. The Morgan fingerprint density at radius 1 is 0.833 bits per heavy atom. The van der Waals surface area contributed by atoms with Crippen LogP contribution in [0.5, 0.6) is 5.75 Å². The van der Waals surface area contributed by atoms with Gasteiger partial charge in [0.15, 0.2) is 5.69 Å². The molecule has 0 saturated carbocycles. The minimum Gasteiger partial charge on any atom is -0.497 e. The van der Waals surface area contributed by atoms with E-state index < -0.39 is 0 Å². The van der Waals surface area contributed by atoms with Crippen LogP contribution in [0.4, 0.5) is 22.7 Å². The van der Waals surface area contributed by atoms with Crippen molar-refractivity contribution in [2.24, 2.45) is 20.5 Å². The fraction of sp³-hybridized carbons (Fsp3) is 0.0769. The predicted octanol–water partition coefficient (Wildman–Crippen LogP) is 7.44. The van der Waals surface area contributed by atoms with Gasteiger partial charge in [0, 0.05) is 10.9 Å². The van der Waals surface area contributed by atoms with Gasteiger partial charge in [0.2, 0.25) is 5.13 Å². The summed E-state index contributed by atoms with van der Waals surface area (Å²) >= 11 is 1.36. The molecule has 0 radical (unpaired) electrons. The fourth-order valence-corrected chi connectivity index (χ4v) is 4.15. The van der Waals surface area contributed by atoms with Crippen LogP contribution in [0.1, 0.15) is 5.69 Å². The van der Waals surface area contributed by atoms with E-state index in [0.29, 0.717) is 22.2 Å². The number of nitrogens with zero attached hydrogens (tertiary/aromatic N) is 6. The molecule has 3 aromatic carbocycles. The van der Waals surface area contributed by atoms with E-state index >= 15 is 0 Å². The summed E-state index contributed by atoms with van der Waals surface area (Å²) in [6.45, 7) is 1.78. The van der Waals surface area contributed by atoms with Crippen molar-refractivity contribution in [1.82, 2.24) is 14.8 Å². The Morgan fingerprint density at radius 2 is 1.44 bits per heavy atom. The standard InChI is InChI=1S/C26H21N7O2S/c1-17-24(31-30-21-12-10-20(11-13-21)29-28-19-6-4-3-5-7-19)25(34)33(32-17)26-27-23(16-36-26)18-8-14-22(35-2)15-9-18/h3-16,32H,1-2H3. The lowest BCUT2D eigenvalue weighted by molar-refractivity contribution is 0.415. The van der Waals surface area contributed by atoms with Gasteiger partial charge in [-0.3, -0.25) is 9.89 Å². The summed E-state index contributed by atoms with van der Waals surface area (Å²) in [5, 5.41) is 22.3. The van der Waals surface area contributed by atoms with Gasteiger partial charge in [-0.05, 0) is 67.6 Å². The molecule has 0 amide bonds. The Labute approximate surface area is 210 Å². The second-order valence-corrected chi connectivity index (χ2v) is 8.56. The number of aromatic nitrogens is 3. The van der Waals surface area contributed by atoms with Gasteiger partial charge in [0.05, 0.1) is 35.6 Å². The number of rotatable bonds is 7.